The van der Waals surface area contributed by atoms with Crippen molar-refractivity contribution in [1.82, 2.24) is 0 Å². The maximum atomic E-state index is 6.17. The van der Waals surface area contributed by atoms with E-state index in [2.05, 4.69) is 34.2 Å². The molecule has 2 unspecified atom stereocenters. The maximum Gasteiger partial charge on any atom is 0.0638 e. The summed E-state index contributed by atoms with van der Waals surface area (Å²) < 4.78 is 1.07. The first-order valence-electron chi connectivity index (χ1n) is 5.87. The standard InChI is InChI=1S/C13H17BrClN/c1-9-3-2-4-11(7-9)16-13-8-10(14)5-6-12(13)15/h5-6,8-9,11,16H,2-4,7H2,1H3. The second kappa shape index (κ2) is 5.42. The Hall–Kier alpha value is -0.210. The van der Waals surface area contributed by atoms with Gasteiger partial charge >= 0.3 is 0 Å². The van der Waals surface area contributed by atoms with Crippen molar-refractivity contribution in [1.29, 1.82) is 0 Å². The maximum absolute atomic E-state index is 6.17. The van der Waals surface area contributed by atoms with E-state index in [-0.39, 0.29) is 0 Å². The Kier molecular flexibility index (Phi) is 4.15. The lowest BCUT2D eigenvalue weighted by molar-refractivity contribution is 0.358. The minimum Gasteiger partial charge on any atom is -0.381 e. The third-order valence-corrected chi connectivity index (χ3v) is 4.05. The van der Waals surface area contributed by atoms with Gasteiger partial charge in [-0.1, -0.05) is 47.3 Å². The molecule has 1 N–H and O–H groups in total. The van der Waals surface area contributed by atoms with E-state index in [1.807, 2.05) is 12.1 Å². The fourth-order valence-electron chi connectivity index (χ4n) is 2.39. The predicted molar refractivity (Wildman–Crippen MR) is 74.2 cm³/mol. The van der Waals surface area contributed by atoms with Crippen LogP contribution in [0.25, 0.3) is 0 Å². The average Bonchev–Trinajstić information content (AvgIpc) is 2.24. The quantitative estimate of drug-likeness (QED) is 0.802. The molecule has 0 aliphatic heterocycles. The fraction of sp³-hybridized carbons (Fsp3) is 0.538. The molecule has 0 saturated heterocycles. The monoisotopic (exact) mass is 301 g/mol. The number of nitrogens with one attached hydrogen (secondary N) is 1. The van der Waals surface area contributed by atoms with Gasteiger partial charge in [0.1, 0.15) is 0 Å². The second-order valence-corrected chi connectivity index (χ2v) is 6.06. The predicted octanol–water partition coefficient (Wildman–Crippen LogP) is 5.09. The molecule has 1 nitrogen and oxygen atoms in total. The Labute approximate surface area is 111 Å². The van der Waals surface area contributed by atoms with Gasteiger partial charge in [0.05, 0.1) is 10.7 Å². The first-order valence-corrected chi connectivity index (χ1v) is 7.04. The molecular formula is C13H17BrClN. The van der Waals surface area contributed by atoms with Crippen LogP contribution in [-0.4, -0.2) is 6.04 Å². The van der Waals surface area contributed by atoms with Crippen molar-refractivity contribution in [3.8, 4) is 0 Å². The van der Waals surface area contributed by atoms with Crippen LogP contribution in [0.3, 0.4) is 0 Å². The van der Waals surface area contributed by atoms with Gasteiger partial charge in [0.25, 0.3) is 0 Å². The van der Waals surface area contributed by atoms with Crippen LogP contribution in [0.2, 0.25) is 5.02 Å². The summed E-state index contributed by atoms with van der Waals surface area (Å²) in [5, 5.41) is 4.37. The highest BCUT2D eigenvalue weighted by atomic mass is 79.9. The van der Waals surface area contributed by atoms with Gasteiger partial charge < -0.3 is 5.32 Å². The van der Waals surface area contributed by atoms with E-state index >= 15 is 0 Å². The molecule has 2 rings (SSSR count). The fourth-order valence-corrected chi connectivity index (χ4v) is 2.93. The number of hydrogen-bond donors (Lipinski definition) is 1. The topological polar surface area (TPSA) is 12.0 Å². The van der Waals surface area contributed by atoms with Crippen molar-refractivity contribution in [2.45, 2.75) is 38.6 Å². The number of anilines is 1. The Balaban J connectivity index is 2.05. The van der Waals surface area contributed by atoms with E-state index in [0.29, 0.717) is 6.04 Å². The van der Waals surface area contributed by atoms with Crippen molar-refractivity contribution >= 4 is 33.2 Å². The zero-order valence-electron chi connectivity index (χ0n) is 9.47. The highest BCUT2D eigenvalue weighted by Crippen LogP contribution is 2.30. The summed E-state index contributed by atoms with van der Waals surface area (Å²) in [7, 11) is 0. The highest BCUT2D eigenvalue weighted by molar-refractivity contribution is 9.10. The molecule has 88 valence electrons. The summed E-state index contributed by atoms with van der Waals surface area (Å²) in [5.41, 5.74) is 1.05. The van der Waals surface area contributed by atoms with Gasteiger partial charge in [-0.25, -0.2) is 0 Å². The van der Waals surface area contributed by atoms with Crippen LogP contribution in [0.1, 0.15) is 32.6 Å². The first-order chi connectivity index (χ1) is 7.65. The van der Waals surface area contributed by atoms with Crippen molar-refractivity contribution in [3.63, 3.8) is 0 Å². The van der Waals surface area contributed by atoms with E-state index in [1.165, 1.54) is 25.7 Å². The van der Waals surface area contributed by atoms with Gasteiger partial charge in [-0.15, -0.1) is 0 Å². The molecule has 2 atom stereocenters. The molecule has 0 radical (unpaired) electrons. The highest BCUT2D eigenvalue weighted by Gasteiger charge is 2.19. The van der Waals surface area contributed by atoms with Crippen LogP contribution >= 0.6 is 27.5 Å². The van der Waals surface area contributed by atoms with Crippen LogP contribution in [0.15, 0.2) is 22.7 Å². The molecule has 3 heteroatoms. The summed E-state index contributed by atoms with van der Waals surface area (Å²) >= 11 is 9.64. The number of hydrogen-bond acceptors (Lipinski definition) is 1. The lowest BCUT2D eigenvalue weighted by Gasteiger charge is -2.28. The first kappa shape index (κ1) is 12.3. The largest absolute Gasteiger partial charge is 0.381 e. The zero-order chi connectivity index (χ0) is 11.5. The minimum atomic E-state index is 0.579. The molecule has 1 aromatic carbocycles. The Morgan fingerprint density at radius 1 is 1.38 bits per heavy atom. The molecule has 1 aliphatic carbocycles. The molecule has 1 aliphatic rings. The van der Waals surface area contributed by atoms with Crippen LogP contribution < -0.4 is 5.32 Å². The molecule has 1 saturated carbocycles. The summed E-state index contributed by atoms with van der Waals surface area (Å²) in [6, 6.07) is 6.54. The second-order valence-electron chi connectivity index (χ2n) is 4.74. The van der Waals surface area contributed by atoms with Gasteiger partial charge in [-0.3, -0.25) is 0 Å². The lowest BCUT2D eigenvalue weighted by atomic mass is 9.87. The third-order valence-electron chi connectivity index (χ3n) is 3.22. The van der Waals surface area contributed by atoms with Gasteiger partial charge in [-0.05, 0) is 37.0 Å². The summed E-state index contributed by atoms with van der Waals surface area (Å²) in [4.78, 5) is 0. The minimum absolute atomic E-state index is 0.579. The molecule has 1 fully saturated rings. The number of rotatable bonds is 2. The third kappa shape index (κ3) is 3.14. The van der Waals surface area contributed by atoms with Gasteiger partial charge in [-0.2, -0.15) is 0 Å². The molecule has 0 bridgehead atoms. The molecule has 0 amide bonds. The molecule has 0 heterocycles. The van der Waals surface area contributed by atoms with Crippen LogP contribution in [0.4, 0.5) is 5.69 Å². The van der Waals surface area contributed by atoms with Crippen LogP contribution in [-0.2, 0) is 0 Å². The van der Waals surface area contributed by atoms with Gasteiger partial charge in [0.2, 0.25) is 0 Å². The smallest absolute Gasteiger partial charge is 0.0638 e. The molecule has 0 spiro atoms. The van der Waals surface area contributed by atoms with Gasteiger partial charge in [0, 0.05) is 10.5 Å². The van der Waals surface area contributed by atoms with Crippen LogP contribution in [0.5, 0.6) is 0 Å². The van der Waals surface area contributed by atoms with Gasteiger partial charge in [0.15, 0.2) is 0 Å². The molecule has 16 heavy (non-hydrogen) atoms. The van der Waals surface area contributed by atoms with Crippen molar-refractivity contribution in [2.24, 2.45) is 5.92 Å². The summed E-state index contributed by atoms with van der Waals surface area (Å²) in [5.74, 6) is 0.831. The Morgan fingerprint density at radius 3 is 2.94 bits per heavy atom. The van der Waals surface area contributed by atoms with E-state index in [4.69, 9.17) is 11.6 Å². The SMILES string of the molecule is CC1CCCC(Nc2cc(Br)ccc2Cl)C1. The van der Waals surface area contributed by atoms with E-state index in [1.54, 1.807) is 0 Å². The number of benzene rings is 1. The van der Waals surface area contributed by atoms with Crippen LogP contribution in [0, 0.1) is 5.92 Å². The van der Waals surface area contributed by atoms with Crippen molar-refractivity contribution in [3.05, 3.63) is 27.7 Å². The summed E-state index contributed by atoms with van der Waals surface area (Å²) in [6.45, 7) is 2.33. The molecule has 0 aromatic heterocycles. The van der Waals surface area contributed by atoms with E-state index < -0.39 is 0 Å². The average molecular weight is 303 g/mol. The zero-order valence-corrected chi connectivity index (χ0v) is 11.8. The number of halogens is 2. The van der Waals surface area contributed by atoms with E-state index in [9.17, 15) is 0 Å². The Morgan fingerprint density at radius 2 is 2.19 bits per heavy atom. The Bertz CT molecular complexity index is 367. The lowest BCUT2D eigenvalue weighted by Crippen LogP contribution is -2.26. The molecule has 1 aromatic rings. The molecular weight excluding hydrogens is 286 g/mol. The normalized spacial score (nSPS) is 25.4. The summed E-state index contributed by atoms with van der Waals surface area (Å²) in [6.07, 6.45) is 5.20. The van der Waals surface area contributed by atoms with Crippen molar-refractivity contribution in [2.75, 3.05) is 5.32 Å². The van der Waals surface area contributed by atoms with E-state index in [0.717, 1.165) is 21.1 Å². The van der Waals surface area contributed by atoms with Crippen molar-refractivity contribution < 1.29 is 0 Å².